The molecule has 1 aromatic heterocycles. The van der Waals surface area contributed by atoms with Gasteiger partial charge in [0.05, 0.1) is 11.0 Å². The van der Waals surface area contributed by atoms with Crippen LogP contribution in [0.25, 0.3) is 11.0 Å². The molecule has 2 aromatic rings. The van der Waals surface area contributed by atoms with Crippen molar-refractivity contribution in [1.82, 2.24) is 9.55 Å². The molecule has 0 atom stereocenters. The number of hydrogen-bond donors (Lipinski definition) is 1. The van der Waals surface area contributed by atoms with Gasteiger partial charge in [0.15, 0.2) is 4.77 Å². The number of benzene rings is 1. The second-order valence-corrected chi connectivity index (χ2v) is 6.13. The van der Waals surface area contributed by atoms with E-state index in [-0.39, 0.29) is 0 Å². The topological polar surface area (TPSA) is 20.7 Å². The van der Waals surface area contributed by atoms with Gasteiger partial charge in [-0.2, -0.15) is 0 Å². The number of nitrogens with one attached hydrogen (secondary N) is 1. The fourth-order valence-electron chi connectivity index (χ4n) is 2.30. The van der Waals surface area contributed by atoms with Crippen LogP contribution >= 0.6 is 28.1 Å². The maximum Gasteiger partial charge on any atom is 0.178 e. The minimum atomic E-state index is 0.842. The highest BCUT2D eigenvalue weighted by atomic mass is 79.9. The minimum absolute atomic E-state index is 0.842. The lowest BCUT2D eigenvalue weighted by Crippen LogP contribution is -1.98. The lowest BCUT2D eigenvalue weighted by molar-refractivity contribution is 0.582. The number of fused-ring (bicyclic) bond motifs is 1. The van der Waals surface area contributed by atoms with E-state index in [0.29, 0.717) is 0 Å². The summed E-state index contributed by atoms with van der Waals surface area (Å²) in [4.78, 5) is 3.27. The molecule has 0 saturated heterocycles. The first-order valence-electron chi connectivity index (χ1n) is 6.12. The van der Waals surface area contributed by atoms with Gasteiger partial charge in [0.25, 0.3) is 0 Å². The van der Waals surface area contributed by atoms with E-state index in [4.69, 9.17) is 12.2 Å². The van der Waals surface area contributed by atoms with Gasteiger partial charge < -0.3 is 9.55 Å². The summed E-state index contributed by atoms with van der Waals surface area (Å²) in [7, 11) is 0. The molecule has 0 bridgehead atoms. The molecule has 0 unspecified atom stereocenters. The minimum Gasteiger partial charge on any atom is -0.331 e. The van der Waals surface area contributed by atoms with Crippen LogP contribution < -0.4 is 0 Å². The van der Waals surface area contributed by atoms with Crippen LogP contribution in [0.1, 0.15) is 25.7 Å². The second-order valence-electron chi connectivity index (χ2n) is 4.83. The van der Waals surface area contributed by atoms with E-state index in [0.717, 1.165) is 27.2 Å². The second kappa shape index (κ2) is 4.58. The van der Waals surface area contributed by atoms with E-state index in [9.17, 15) is 0 Å². The molecule has 1 aliphatic carbocycles. The van der Waals surface area contributed by atoms with Crippen LogP contribution in [-0.2, 0) is 6.54 Å². The van der Waals surface area contributed by atoms with Gasteiger partial charge in [-0.1, -0.05) is 28.8 Å². The summed E-state index contributed by atoms with van der Waals surface area (Å²) in [6.07, 6.45) is 5.46. The Hall–Kier alpha value is -0.610. The highest BCUT2D eigenvalue weighted by Crippen LogP contribution is 2.33. The average Bonchev–Trinajstić information content (AvgIpc) is 3.04. The summed E-state index contributed by atoms with van der Waals surface area (Å²) in [5.41, 5.74) is 2.34. The van der Waals surface area contributed by atoms with Crippen molar-refractivity contribution in [2.24, 2.45) is 5.92 Å². The van der Waals surface area contributed by atoms with E-state index in [2.05, 4.69) is 43.7 Å². The van der Waals surface area contributed by atoms with Crippen LogP contribution in [0.5, 0.6) is 0 Å². The lowest BCUT2D eigenvalue weighted by Gasteiger charge is -2.03. The zero-order chi connectivity index (χ0) is 11.8. The first-order chi connectivity index (χ1) is 8.24. The highest BCUT2D eigenvalue weighted by molar-refractivity contribution is 9.10. The zero-order valence-electron chi connectivity index (χ0n) is 9.58. The van der Waals surface area contributed by atoms with Crippen molar-refractivity contribution in [3.63, 3.8) is 0 Å². The predicted octanol–water partition coefficient (Wildman–Crippen LogP) is 4.65. The molecule has 0 amide bonds. The number of H-pyrrole nitrogens is 1. The summed E-state index contributed by atoms with van der Waals surface area (Å²) in [5, 5.41) is 0. The Kier molecular flexibility index (Phi) is 3.09. The fourth-order valence-corrected chi connectivity index (χ4v) is 2.96. The maximum atomic E-state index is 5.38. The van der Waals surface area contributed by atoms with Gasteiger partial charge >= 0.3 is 0 Å². The molecule has 1 heterocycles. The predicted molar refractivity (Wildman–Crippen MR) is 76.8 cm³/mol. The van der Waals surface area contributed by atoms with Crippen LogP contribution in [-0.4, -0.2) is 9.55 Å². The Morgan fingerprint density at radius 1 is 1.41 bits per heavy atom. The molecular weight excluding hydrogens is 296 g/mol. The molecule has 1 aromatic carbocycles. The molecule has 1 N–H and O–H groups in total. The molecule has 4 heteroatoms. The first-order valence-corrected chi connectivity index (χ1v) is 7.32. The largest absolute Gasteiger partial charge is 0.331 e. The Bertz CT molecular complexity index is 595. The summed E-state index contributed by atoms with van der Waals surface area (Å²) < 4.78 is 4.15. The normalized spacial score (nSPS) is 15.6. The van der Waals surface area contributed by atoms with Crippen molar-refractivity contribution < 1.29 is 0 Å². The molecule has 17 heavy (non-hydrogen) atoms. The summed E-state index contributed by atoms with van der Waals surface area (Å²) in [6, 6.07) is 6.29. The number of rotatable bonds is 4. The van der Waals surface area contributed by atoms with Gasteiger partial charge in [-0.15, -0.1) is 0 Å². The molecule has 1 fully saturated rings. The number of aromatic nitrogens is 2. The Morgan fingerprint density at radius 2 is 2.24 bits per heavy atom. The highest BCUT2D eigenvalue weighted by Gasteiger charge is 2.20. The number of nitrogens with zero attached hydrogens (tertiary/aromatic N) is 1. The van der Waals surface area contributed by atoms with E-state index >= 15 is 0 Å². The molecule has 1 aliphatic rings. The molecular formula is C13H15BrN2S. The van der Waals surface area contributed by atoms with Crippen LogP contribution in [0.2, 0.25) is 0 Å². The van der Waals surface area contributed by atoms with Gasteiger partial charge in [0.1, 0.15) is 0 Å². The smallest absolute Gasteiger partial charge is 0.178 e. The molecule has 0 aliphatic heterocycles. The first kappa shape index (κ1) is 11.5. The standard InChI is InChI=1S/C13H15BrN2S/c14-10-5-6-12-11(8-10)15-13(17)16(12)7-1-2-9-3-4-9/h5-6,8-9H,1-4,7H2,(H,15,17). The van der Waals surface area contributed by atoms with Crippen LogP contribution in [0.4, 0.5) is 0 Å². The maximum absolute atomic E-state index is 5.38. The number of imidazole rings is 1. The van der Waals surface area contributed by atoms with Crippen molar-refractivity contribution in [3.05, 3.63) is 27.4 Å². The molecule has 3 rings (SSSR count). The van der Waals surface area contributed by atoms with Gasteiger partial charge in [-0.05, 0) is 49.2 Å². The monoisotopic (exact) mass is 310 g/mol. The lowest BCUT2D eigenvalue weighted by atomic mass is 10.2. The van der Waals surface area contributed by atoms with Gasteiger partial charge in [-0.25, -0.2) is 0 Å². The van der Waals surface area contributed by atoms with Crippen molar-refractivity contribution in [3.8, 4) is 0 Å². The van der Waals surface area contributed by atoms with E-state index in [1.807, 2.05) is 0 Å². The molecule has 0 radical (unpaired) electrons. The number of aryl methyl sites for hydroxylation is 1. The number of hydrogen-bond acceptors (Lipinski definition) is 1. The Labute approximate surface area is 114 Å². The van der Waals surface area contributed by atoms with Crippen LogP contribution in [0.15, 0.2) is 22.7 Å². The van der Waals surface area contributed by atoms with Crippen molar-refractivity contribution >= 4 is 39.2 Å². The van der Waals surface area contributed by atoms with Crippen molar-refractivity contribution in [1.29, 1.82) is 0 Å². The van der Waals surface area contributed by atoms with Gasteiger partial charge in [-0.3, -0.25) is 0 Å². The molecule has 1 saturated carbocycles. The summed E-state index contributed by atoms with van der Waals surface area (Å²) in [5.74, 6) is 1.00. The van der Waals surface area contributed by atoms with E-state index in [1.54, 1.807) is 0 Å². The van der Waals surface area contributed by atoms with Crippen molar-refractivity contribution in [2.45, 2.75) is 32.2 Å². The SMILES string of the molecule is S=c1[nH]c2cc(Br)ccc2n1CCCC1CC1. The third kappa shape index (κ3) is 2.47. The molecule has 0 spiro atoms. The van der Waals surface area contributed by atoms with Crippen LogP contribution in [0.3, 0.4) is 0 Å². The molecule has 90 valence electrons. The number of aromatic amines is 1. The van der Waals surface area contributed by atoms with E-state index < -0.39 is 0 Å². The van der Waals surface area contributed by atoms with Crippen LogP contribution in [0, 0.1) is 10.7 Å². The Balaban J connectivity index is 1.86. The van der Waals surface area contributed by atoms with Gasteiger partial charge in [0.2, 0.25) is 0 Å². The van der Waals surface area contributed by atoms with E-state index in [1.165, 1.54) is 31.2 Å². The van der Waals surface area contributed by atoms with Crippen molar-refractivity contribution in [2.75, 3.05) is 0 Å². The quantitative estimate of drug-likeness (QED) is 0.815. The molecule has 2 nitrogen and oxygen atoms in total. The Morgan fingerprint density at radius 3 is 3.00 bits per heavy atom. The van der Waals surface area contributed by atoms with Gasteiger partial charge in [0, 0.05) is 11.0 Å². The third-order valence-corrected chi connectivity index (χ3v) is 4.24. The summed E-state index contributed by atoms with van der Waals surface area (Å²) in [6.45, 7) is 1.04. The third-order valence-electron chi connectivity index (χ3n) is 3.43. The number of halogens is 1. The summed E-state index contributed by atoms with van der Waals surface area (Å²) >= 11 is 8.87. The zero-order valence-corrected chi connectivity index (χ0v) is 12.0. The average molecular weight is 311 g/mol. The fraction of sp³-hybridized carbons (Fsp3) is 0.462.